The molecule has 0 spiro atoms. The van der Waals surface area contributed by atoms with Crippen LogP contribution in [-0.4, -0.2) is 56.6 Å². The number of benzene rings is 1. The van der Waals surface area contributed by atoms with E-state index in [4.69, 9.17) is 9.97 Å². The predicted octanol–water partition coefficient (Wildman–Crippen LogP) is 7.92. The fourth-order valence-corrected chi connectivity index (χ4v) is 8.35. The summed E-state index contributed by atoms with van der Waals surface area (Å²) in [5.74, 6) is 0.903. The second-order valence-electron chi connectivity index (χ2n) is 13.7. The fourth-order valence-electron chi connectivity index (χ4n) is 7.52. The SMILES string of the molecule is CCCC1CCC(C2CC=C(c3cnc(-c4ccc(C/C(=N/C(=O)c5ccc(CC)s5)C(=O)N5CC(C(=O)O)C5)cc4)nc3)CC2)CC1. The van der Waals surface area contributed by atoms with Gasteiger partial charge in [0.2, 0.25) is 0 Å². The van der Waals surface area contributed by atoms with E-state index < -0.39 is 23.7 Å². The Morgan fingerprint density at radius 1 is 0.917 bits per heavy atom. The average molecular weight is 667 g/mol. The van der Waals surface area contributed by atoms with E-state index in [1.54, 1.807) is 6.07 Å². The summed E-state index contributed by atoms with van der Waals surface area (Å²) >= 11 is 1.37. The fraction of sp³-hybridized carbons (Fsp3) is 0.487. The number of hydrogen-bond acceptors (Lipinski definition) is 6. The summed E-state index contributed by atoms with van der Waals surface area (Å²) in [5.41, 5.74) is 4.23. The maximum atomic E-state index is 13.3. The maximum absolute atomic E-state index is 13.3. The van der Waals surface area contributed by atoms with Gasteiger partial charge < -0.3 is 10.0 Å². The number of amides is 2. The van der Waals surface area contributed by atoms with Gasteiger partial charge in [0.15, 0.2) is 5.82 Å². The summed E-state index contributed by atoms with van der Waals surface area (Å²) in [6.07, 6.45) is 19.1. The van der Waals surface area contributed by atoms with Crippen LogP contribution in [0.1, 0.15) is 97.3 Å². The number of nitrogens with zero attached hydrogens (tertiary/aromatic N) is 4. The number of carbonyl (C=O) groups is 3. The summed E-state index contributed by atoms with van der Waals surface area (Å²) < 4.78 is 0. The zero-order valence-electron chi connectivity index (χ0n) is 28.1. The van der Waals surface area contributed by atoms with Crippen LogP contribution in [0.25, 0.3) is 17.0 Å². The van der Waals surface area contributed by atoms with Crippen LogP contribution in [0.4, 0.5) is 0 Å². The van der Waals surface area contributed by atoms with Crippen LogP contribution in [0.15, 0.2) is 59.9 Å². The molecule has 1 N–H and O–H groups in total. The first kappa shape index (κ1) is 33.9. The van der Waals surface area contributed by atoms with Crippen molar-refractivity contribution < 1.29 is 19.5 Å². The molecule has 48 heavy (non-hydrogen) atoms. The molecule has 0 radical (unpaired) electrons. The highest BCUT2D eigenvalue weighted by atomic mass is 32.1. The molecule has 1 saturated carbocycles. The molecule has 3 heterocycles. The Kier molecular flexibility index (Phi) is 10.9. The lowest BCUT2D eigenvalue weighted by Gasteiger charge is -2.36. The third-order valence-electron chi connectivity index (χ3n) is 10.5. The second kappa shape index (κ2) is 15.5. The molecule has 1 aliphatic heterocycles. The summed E-state index contributed by atoms with van der Waals surface area (Å²) in [5, 5.41) is 9.27. The summed E-state index contributed by atoms with van der Waals surface area (Å²) in [4.78, 5) is 54.3. The molecule has 3 aliphatic rings. The number of carbonyl (C=O) groups excluding carboxylic acids is 2. The predicted molar refractivity (Wildman–Crippen MR) is 190 cm³/mol. The zero-order chi connectivity index (χ0) is 33.6. The van der Waals surface area contributed by atoms with Crippen molar-refractivity contribution in [2.45, 2.75) is 84.5 Å². The monoisotopic (exact) mass is 666 g/mol. The Balaban J connectivity index is 1.09. The summed E-state index contributed by atoms with van der Waals surface area (Å²) in [6.45, 7) is 4.56. The topological polar surface area (TPSA) is 113 Å². The van der Waals surface area contributed by atoms with E-state index in [2.05, 4.69) is 18.0 Å². The molecule has 1 aromatic carbocycles. The molecule has 1 saturated heterocycles. The third-order valence-corrected chi connectivity index (χ3v) is 11.8. The Bertz CT molecular complexity index is 1660. The number of aliphatic imine (C=N–C) groups is 1. The second-order valence-corrected chi connectivity index (χ2v) is 14.9. The van der Waals surface area contributed by atoms with Gasteiger partial charge in [-0.05, 0) is 79.5 Å². The van der Waals surface area contributed by atoms with Crippen LogP contribution in [0, 0.1) is 23.7 Å². The molecular formula is C39H46N4O4S. The van der Waals surface area contributed by atoms with Crippen LogP contribution in [0.3, 0.4) is 0 Å². The lowest BCUT2D eigenvalue weighted by molar-refractivity contribution is -0.150. The minimum atomic E-state index is -0.927. The van der Waals surface area contributed by atoms with Gasteiger partial charge in [-0.15, -0.1) is 11.3 Å². The minimum Gasteiger partial charge on any atom is -0.481 e. The van der Waals surface area contributed by atoms with Gasteiger partial charge in [0, 0.05) is 47.9 Å². The molecular weight excluding hydrogens is 621 g/mol. The highest BCUT2D eigenvalue weighted by molar-refractivity contribution is 7.14. The number of thiophene rings is 1. The quantitative estimate of drug-likeness (QED) is 0.208. The number of aromatic nitrogens is 2. The van der Waals surface area contributed by atoms with Crippen molar-refractivity contribution in [2.75, 3.05) is 13.1 Å². The summed E-state index contributed by atoms with van der Waals surface area (Å²) in [7, 11) is 0. The molecule has 1 atom stereocenters. The van der Waals surface area contributed by atoms with Crippen molar-refractivity contribution in [3.8, 4) is 11.4 Å². The van der Waals surface area contributed by atoms with Crippen molar-refractivity contribution in [3.05, 3.63) is 75.7 Å². The van der Waals surface area contributed by atoms with Gasteiger partial charge >= 0.3 is 5.97 Å². The number of rotatable bonds is 11. The number of aliphatic carboxylic acids is 1. The van der Waals surface area contributed by atoms with Crippen molar-refractivity contribution in [3.63, 3.8) is 0 Å². The van der Waals surface area contributed by atoms with Crippen molar-refractivity contribution >= 4 is 40.4 Å². The Morgan fingerprint density at radius 3 is 2.25 bits per heavy atom. The first-order chi connectivity index (χ1) is 23.3. The van der Waals surface area contributed by atoms with Gasteiger partial charge in [-0.25, -0.2) is 15.0 Å². The van der Waals surface area contributed by atoms with Gasteiger partial charge in [-0.3, -0.25) is 14.4 Å². The molecule has 3 aromatic rings. The van der Waals surface area contributed by atoms with Gasteiger partial charge in [0.25, 0.3) is 11.8 Å². The van der Waals surface area contributed by atoms with Crippen LogP contribution < -0.4 is 0 Å². The molecule has 6 rings (SSSR count). The number of aryl methyl sites for hydroxylation is 1. The zero-order valence-corrected chi connectivity index (χ0v) is 28.9. The van der Waals surface area contributed by atoms with Crippen LogP contribution in [0.5, 0.6) is 0 Å². The van der Waals surface area contributed by atoms with Gasteiger partial charge in [0.05, 0.1) is 10.8 Å². The number of allylic oxidation sites excluding steroid dienone is 2. The van der Waals surface area contributed by atoms with Crippen molar-refractivity contribution in [1.29, 1.82) is 0 Å². The van der Waals surface area contributed by atoms with E-state index in [1.807, 2.05) is 49.6 Å². The number of hydrogen-bond donors (Lipinski definition) is 1. The van der Waals surface area contributed by atoms with E-state index in [0.29, 0.717) is 10.7 Å². The number of carboxylic acids is 1. The van der Waals surface area contributed by atoms with Crippen LogP contribution >= 0.6 is 11.3 Å². The molecule has 1 unspecified atom stereocenters. The van der Waals surface area contributed by atoms with Crippen molar-refractivity contribution in [1.82, 2.24) is 14.9 Å². The Hall–Kier alpha value is -3.98. The molecule has 2 amide bonds. The van der Waals surface area contributed by atoms with E-state index in [1.165, 1.54) is 66.8 Å². The molecule has 2 fully saturated rings. The maximum Gasteiger partial charge on any atom is 0.310 e. The van der Waals surface area contributed by atoms with E-state index in [-0.39, 0.29) is 25.2 Å². The molecule has 0 bridgehead atoms. The molecule has 8 nitrogen and oxygen atoms in total. The minimum absolute atomic E-state index is 0.107. The van der Waals surface area contributed by atoms with Crippen LogP contribution in [0.2, 0.25) is 0 Å². The third kappa shape index (κ3) is 8.00. The molecule has 2 aliphatic carbocycles. The summed E-state index contributed by atoms with van der Waals surface area (Å²) in [6, 6.07) is 11.3. The number of likely N-dealkylation sites (tertiary alicyclic amines) is 1. The van der Waals surface area contributed by atoms with Crippen molar-refractivity contribution in [2.24, 2.45) is 28.7 Å². The van der Waals surface area contributed by atoms with Gasteiger partial charge in [0.1, 0.15) is 5.71 Å². The van der Waals surface area contributed by atoms with E-state index in [9.17, 15) is 19.5 Å². The highest BCUT2D eigenvalue weighted by Crippen LogP contribution is 2.42. The normalized spacial score (nSPS) is 21.8. The first-order valence-corrected chi connectivity index (χ1v) is 18.5. The van der Waals surface area contributed by atoms with Crippen LogP contribution in [-0.2, 0) is 22.4 Å². The lowest BCUT2D eigenvalue weighted by Crippen LogP contribution is -2.55. The Labute approximate surface area is 287 Å². The van der Waals surface area contributed by atoms with E-state index in [0.717, 1.165) is 58.6 Å². The van der Waals surface area contributed by atoms with Gasteiger partial charge in [-0.1, -0.05) is 69.9 Å². The largest absolute Gasteiger partial charge is 0.481 e. The molecule has 9 heteroatoms. The first-order valence-electron chi connectivity index (χ1n) is 17.6. The Morgan fingerprint density at radius 2 is 1.65 bits per heavy atom. The smallest absolute Gasteiger partial charge is 0.310 e. The van der Waals surface area contributed by atoms with E-state index >= 15 is 0 Å². The molecule has 252 valence electrons. The highest BCUT2D eigenvalue weighted by Gasteiger charge is 2.37. The molecule has 2 aromatic heterocycles. The lowest BCUT2D eigenvalue weighted by atomic mass is 9.70. The van der Waals surface area contributed by atoms with Gasteiger partial charge in [-0.2, -0.15) is 0 Å². The average Bonchev–Trinajstić information content (AvgIpc) is 3.58. The standard InChI is InChI=1S/C39H46N4O4S/c1-3-5-25-6-10-27(11-7-25)28-14-16-29(17-15-28)31-21-40-36(41-22-31)30-12-8-26(9-13-30)20-34(38(45)43-23-32(24-43)39(46)47)42-37(44)35-19-18-33(4-2)48-35/h8-9,12-13,16,18-19,21-22,25,27-28,32H,3-7,10-11,14-15,17,20,23-24H2,1-2H3,(H,46,47)/b42-34-. The number of carboxylic acid groups (broad SMARTS) is 1.